The molecule has 0 bridgehead atoms. The molecule has 0 aliphatic rings. The lowest BCUT2D eigenvalue weighted by Gasteiger charge is -2.30. The lowest BCUT2D eigenvalue weighted by Crippen LogP contribution is -2.56. The van der Waals surface area contributed by atoms with Gasteiger partial charge in [-0.2, -0.15) is 0 Å². The van der Waals surface area contributed by atoms with Crippen LogP contribution in [-0.4, -0.2) is 54.0 Å². The number of aromatic carboxylic acids is 1. The van der Waals surface area contributed by atoms with Crippen molar-refractivity contribution in [2.75, 3.05) is 13.7 Å². The van der Waals surface area contributed by atoms with Crippen molar-refractivity contribution in [2.45, 2.75) is 84.0 Å². The number of carbonyl (C=O) groups is 4. The number of alkyl halides is 1. The topological polar surface area (TPSA) is 143 Å². The number of nitrogens with one attached hydrogen (secondary N) is 3. The third-order valence-electron chi connectivity index (χ3n) is 6.42. The van der Waals surface area contributed by atoms with Gasteiger partial charge in [-0.15, -0.1) is 0 Å². The molecule has 4 amide bonds. The Hall–Kier alpha value is -3.86. The number of benzene rings is 2. The van der Waals surface area contributed by atoms with Gasteiger partial charge >= 0.3 is 18.1 Å². The Balaban J connectivity index is 2.38. The van der Waals surface area contributed by atoms with Crippen LogP contribution in [0.25, 0.3) is 0 Å². The number of carboxylic acid groups (broad SMARTS) is 1. The van der Waals surface area contributed by atoms with Crippen LogP contribution in [0.2, 0.25) is 5.02 Å². The second-order valence-electron chi connectivity index (χ2n) is 12.2. The summed E-state index contributed by atoms with van der Waals surface area (Å²) in [5.74, 6) is -2.19. The highest BCUT2D eigenvalue weighted by molar-refractivity contribution is 6.30. The summed E-state index contributed by atoms with van der Waals surface area (Å²) in [5, 5.41) is 17.0. The van der Waals surface area contributed by atoms with Gasteiger partial charge in [-0.05, 0) is 73.6 Å². The Labute approximate surface area is 256 Å². The smallest absolute Gasteiger partial charge is 0.407 e. The van der Waals surface area contributed by atoms with E-state index in [2.05, 4.69) is 10.6 Å². The summed E-state index contributed by atoms with van der Waals surface area (Å²) >= 11 is 6.10. The van der Waals surface area contributed by atoms with Crippen molar-refractivity contribution < 1.29 is 38.1 Å². The van der Waals surface area contributed by atoms with E-state index in [9.17, 15) is 24.3 Å². The van der Waals surface area contributed by atoms with Gasteiger partial charge in [0.25, 0.3) is 5.91 Å². The molecule has 0 radical (unpaired) electrons. The average Bonchev–Trinajstić information content (AvgIpc) is 2.88. The number of rotatable bonds is 10. The van der Waals surface area contributed by atoms with E-state index in [0.717, 1.165) is 0 Å². The molecule has 0 aliphatic carbocycles. The molecule has 10 nitrogen and oxygen atoms in total. The zero-order valence-electron chi connectivity index (χ0n) is 25.8. The summed E-state index contributed by atoms with van der Waals surface area (Å²) < 4.78 is 27.0. The summed E-state index contributed by atoms with van der Waals surface area (Å²) in [6.45, 7) is 11.4. The van der Waals surface area contributed by atoms with Gasteiger partial charge in [0.15, 0.2) is 0 Å². The highest BCUT2D eigenvalue weighted by Gasteiger charge is 2.42. The quantitative estimate of drug-likeness (QED) is 0.251. The molecule has 236 valence electrons. The molecule has 2 unspecified atom stereocenters. The van der Waals surface area contributed by atoms with E-state index in [1.807, 2.05) is 26.1 Å². The molecule has 0 aromatic heterocycles. The normalized spacial score (nSPS) is 13.7. The van der Waals surface area contributed by atoms with Gasteiger partial charge in [-0.3, -0.25) is 10.1 Å². The van der Waals surface area contributed by atoms with E-state index in [1.54, 1.807) is 39.8 Å². The lowest BCUT2D eigenvalue weighted by molar-refractivity contribution is -0.131. The molecule has 0 heterocycles. The van der Waals surface area contributed by atoms with Crippen LogP contribution in [0.1, 0.15) is 88.0 Å². The fourth-order valence-corrected chi connectivity index (χ4v) is 4.82. The van der Waals surface area contributed by atoms with Crippen molar-refractivity contribution in [3.63, 3.8) is 0 Å². The summed E-state index contributed by atoms with van der Waals surface area (Å²) in [7, 11) is 1.37. The average molecular weight is 622 g/mol. The molecule has 0 saturated heterocycles. The number of carboxylic acids is 1. The molecule has 2 aromatic rings. The molecule has 0 saturated carbocycles. The third kappa shape index (κ3) is 9.84. The zero-order valence-corrected chi connectivity index (χ0v) is 26.6. The number of carbonyl (C=O) groups excluding carboxylic acids is 3. The third-order valence-corrected chi connectivity index (χ3v) is 6.66. The maximum Gasteiger partial charge on any atom is 0.407 e. The maximum absolute atomic E-state index is 16.6. The van der Waals surface area contributed by atoms with Gasteiger partial charge in [-0.1, -0.05) is 51.4 Å². The predicted octanol–water partition coefficient (Wildman–Crippen LogP) is 6.10. The Morgan fingerprint density at radius 2 is 1.70 bits per heavy atom. The summed E-state index contributed by atoms with van der Waals surface area (Å²) in [6, 6.07) is 7.53. The van der Waals surface area contributed by atoms with Crippen LogP contribution in [0.15, 0.2) is 36.4 Å². The number of imide groups is 1. The van der Waals surface area contributed by atoms with Gasteiger partial charge in [0.05, 0.1) is 25.3 Å². The highest BCUT2D eigenvalue weighted by atomic mass is 35.5. The van der Waals surface area contributed by atoms with Gasteiger partial charge in [-0.25, -0.2) is 18.8 Å². The van der Waals surface area contributed by atoms with E-state index in [-0.39, 0.29) is 21.9 Å². The minimum Gasteiger partial charge on any atom is -0.496 e. The van der Waals surface area contributed by atoms with Crippen LogP contribution in [0, 0.1) is 0 Å². The van der Waals surface area contributed by atoms with Gasteiger partial charge < -0.3 is 25.2 Å². The molecule has 2 atom stereocenters. The lowest BCUT2D eigenvalue weighted by atomic mass is 9.78. The van der Waals surface area contributed by atoms with Crippen molar-refractivity contribution in [3.8, 4) is 5.75 Å². The second-order valence-corrected chi connectivity index (χ2v) is 12.6. The Morgan fingerprint density at radius 3 is 2.23 bits per heavy atom. The van der Waals surface area contributed by atoms with Crippen LogP contribution in [0.4, 0.5) is 14.0 Å². The van der Waals surface area contributed by atoms with E-state index < -0.39 is 59.7 Å². The first kappa shape index (κ1) is 35.3. The standard InChI is InChI=1S/C31H41ClFN3O7/c1-9-22(20-11-10-12-21(25(37)38)24(20)29(2,3)4)35-27(40)36-26(39)31(33,17-34-28(41)43-30(5,6)7)16-18-15-19(32)13-14-23(18)42-8/h10-15,22H,9,16-17H2,1-8H3,(H,34,41)(H,37,38)(H2,35,36,39,40). The summed E-state index contributed by atoms with van der Waals surface area (Å²) in [4.78, 5) is 50.7. The van der Waals surface area contributed by atoms with Crippen LogP contribution in [0.3, 0.4) is 0 Å². The van der Waals surface area contributed by atoms with E-state index >= 15 is 4.39 Å². The van der Waals surface area contributed by atoms with Gasteiger partial charge in [0, 0.05) is 11.4 Å². The minimum absolute atomic E-state index is 0.0909. The number of methoxy groups -OCH3 is 1. The van der Waals surface area contributed by atoms with Crippen LogP contribution in [-0.2, 0) is 21.4 Å². The number of amides is 4. The zero-order chi connectivity index (χ0) is 32.8. The second kappa shape index (κ2) is 14.1. The molecule has 43 heavy (non-hydrogen) atoms. The van der Waals surface area contributed by atoms with Gasteiger partial charge in [0.1, 0.15) is 11.4 Å². The number of hydrogen-bond acceptors (Lipinski definition) is 6. The Kier molecular flexibility index (Phi) is 11.6. The highest BCUT2D eigenvalue weighted by Crippen LogP contribution is 2.34. The molecular weight excluding hydrogens is 581 g/mol. The number of hydrogen-bond donors (Lipinski definition) is 4. The molecule has 2 aromatic carbocycles. The number of ether oxygens (including phenoxy) is 2. The van der Waals surface area contributed by atoms with Crippen LogP contribution < -0.4 is 20.7 Å². The monoisotopic (exact) mass is 621 g/mol. The first-order chi connectivity index (χ1) is 19.8. The number of alkyl carbamates (subject to hydrolysis) is 1. The number of urea groups is 1. The molecular formula is C31H41ClFN3O7. The fourth-order valence-electron chi connectivity index (χ4n) is 4.62. The number of halogens is 2. The molecule has 0 fully saturated rings. The van der Waals surface area contributed by atoms with E-state index in [0.29, 0.717) is 17.5 Å². The molecule has 12 heteroatoms. The SMILES string of the molecule is CCC(NC(=O)NC(=O)C(F)(CNC(=O)OC(C)(C)C)Cc1cc(Cl)ccc1OC)c1cccc(C(=O)O)c1C(C)(C)C. The molecule has 0 spiro atoms. The maximum atomic E-state index is 16.6. The van der Waals surface area contributed by atoms with Crippen molar-refractivity contribution >= 4 is 35.6 Å². The van der Waals surface area contributed by atoms with Crippen LogP contribution in [0.5, 0.6) is 5.75 Å². The predicted molar refractivity (Wildman–Crippen MR) is 162 cm³/mol. The molecule has 0 aliphatic heterocycles. The summed E-state index contributed by atoms with van der Waals surface area (Å²) in [5.41, 5.74) is -2.91. The van der Waals surface area contributed by atoms with E-state index in [4.69, 9.17) is 21.1 Å². The fraction of sp³-hybridized carbons (Fsp3) is 0.484. The van der Waals surface area contributed by atoms with Crippen molar-refractivity contribution in [1.82, 2.24) is 16.0 Å². The molecule has 2 rings (SSSR count). The van der Waals surface area contributed by atoms with Crippen LogP contribution >= 0.6 is 11.6 Å². The van der Waals surface area contributed by atoms with Crippen molar-refractivity contribution in [2.24, 2.45) is 0 Å². The van der Waals surface area contributed by atoms with Crippen molar-refractivity contribution in [3.05, 3.63) is 63.7 Å². The molecule has 4 N–H and O–H groups in total. The first-order valence-electron chi connectivity index (χ1n) is 13.8. The van der Waals surface area contributed by atoms with Crippen molar-refractivity contribution in [1.29, 1.82) is 0 Å². The first-order valence-corrected chi connectivity index (χ1v) is 14.2. The minimum atomic E-state index is -2.84. The van der Waals surface area contributed by atoms with E-state index in [1.165, 1.54) is 31.4 Å². The largest absolute Gasteiger partial charge is 0.496 e. The Morgan fingerprint density at radius 1 is 1.05 bits per heavy atom. The van der Waals surface area contributed by atoms with Gasteiger partial charge in [0.2, 0.25) is 5.67 Å². The Bertz CT molecular complexity index is 1350. The summed E-state index contributed by atoms with van der Waals surface area (Å²) in [6.07, 6.45) is -1.21.